The lowest BCUT2D eigenvalue weighted by molar-refractivity contribution is -0.122. The van der Waals surface area contributed by atoms with Crippen molar-refractivity contribution < 1.29 is 13.2 Å². The molecular weight excluding hydrogens is 340 g/mol. The lowest BCUT2D eigenvalue weighted by Gasteiger charge is -2.33. The molecule has 1 N–H and O–H groups in total. The maximum Gasteiger partial charge on any atom is 0.244 e. The van der Waals surface area contributed by atoms with Crippen LogP contribution < -0.4 is 5.32 Å². The normalized spacial score (nSPS) is 17.4. The zero-order valence-electron chi connectivity index (χ0n) is 15.2. The topological polar surface area (TPSA) is 82.6 Å². The van der Waals surface area contributed by atoms with Crippen LogP contribution in [0.5, 0.6) is 0 Å². The summed E-state index contributed by atoms with van der Waals surface area (Å²) in [5, 5.41) is 2.93. The fourth-order valence-corrected chi connectivity index (χ4v) is 4.00. The van der Waals surface area contributed by atoms with E-state index in [1.807, 2.05) is 4.90 Å². The lowest BCUT2D eigenvalue weighted by Crippen LogP contribution is -2.51. The van der Waals surface area contributed by atoms with Crippen LogP contribution in [0.15, 0.2) is 29.4 Å². The predicted octanol–water partition coefficient (Wildman–Crippen LogP) is 0.940. The van der Waals surface area contributed by atoms with Crippen LogP contribution in [0.3, 0.4) is 0 Å². The average molecular weight is 369 g/mol. The van der Waals surface area contributed by atoms with Gasteiger partial charge in [0, 0.05) is 45.1 Å². The number of hydrogen-bond acceptors (Lipinski definition) is 5. The third kappa shape index (κ3) is 6.05. The van der Waals surface area contributed by atoms with E-state index in [0.717, 1.165) is 6.42 Å². The fraction of sp³-hybridized carbons (Fsp3) is 0.647. The van der Waals surface area contributed by atoms with E-state index in [4.69, 9.17) is 0 Å². The first-order valence-electron chi connectivity index (χ1n) is 8.58. The van der Waals surface area contributed by atoms with Crippen LogP contribution in [-0.4, -0.2) is 67.8 Å². The van der Waals surface area contributed by atoms with Crippen molar-refractivity contribution in [1.82, 2.24) is 19.5 Å². The summed E-state index contributed by atoms with van der Waals surface area (Å²) in [5.74, 6) is -0.00665. The van der Waals surface area contributed by atoms with E-state index in [0.29, 0.717) is 39.3 Å². The zero-order chi connectivity index (χ0) is 18.5. The molecule has 140 valence electrons. The van der Waals surface area contributed by atoms with Crippen LogP contribution in [0.25, 0.3) is 0 Å². The Balaban J connectivity index is 1.79. The Bertz CT molecular complexity index is 663. The van der Waals surface area contributed by atoms with Gasteiger partial charge in [-0.25, -0.2) is 8.42 Å². The highest BCUT2D eigenvalue weighted by molar-refractivity contribution is 7.89. The monoisotopic (exact) mass is 368 g/mol. The zero-order valence-corrected chi connectivity index (χ0v) is 16.1. The summed E-state index contributed by atoms with van der Waals surface area (Å²) >= 11 is 0. The van der Waals surface area contributed by atoms with Gasteiger partial charge in [-0.15, -0.1) is 0 Å². The van der Waals surface area contributed by atoms with Crippen molar-refractivity contribution in [2.24, 2.45) is 5.41 Å². The molecule has 1 fully saturated rings. The molecule has 1 aromatic rings. The second-order valence-electron chi connectivity index (χ2n) is 7.53. The third-order valence-electron chi connectivity index (χ3n) is 4.17. The summed E-state index contributed by atoms with van der Waals surface area (Å²) in [4.78, 5) is 18.1. The molecule has 0 aromatic carbocycles. The summed E-state index contributed by atoms with van der Waals surface area (Å²) in [5.41, 5.74) is 0.194. The number of amides is 1. The van der Waals surface area contributed by atoms with Gasteiger partial charge in [0.2, 0.25) is 15.9 Å². The van der Waals surface area contributed by atoms with Gasteiger partial charge in [0.1, 0.15) is 4.90 Å². The Morgan fingerprint density at radius 3 is 2.48 bits per heavy atom. The molecule has 0 unspecified atom stereocenters. The summed E-state index contributed by atoms with van der Waals surface area (Å²) in [6, 6.07) is 3.17. The number of sulfonamides is 1. The highest BCUT2D eigenvalue weighted by Gasteiger charge is 2.29. The van der Waals surface area contributed by atoms with Crippen LogP contribution in [0, 0.1) is 5.41 Å². The number of rotatable bonds is 6. The standard InChI is InChI=1S/C17H28N4O3S/c1-17(2,3)6-8-19-16(22)14-20-9-11-21(12-10-20)25(23,24)15-5-4-7-18-13-15/h4-5,7,13H,6,8-12,14H2,1-3H3,(H,19,22). The molecule has 0 aliphatic carbocycles. The molecule has 0 radical (unpaired) electrons. The van der Waals surface area contributed by atoms with Gasteiger partial charge >= 0.3 is 0 Å². The number of pyridine rings is 1. The van der Waals surface area contributed by atoms with E-state index in [2.05, 4.69) is 31.1 Å². The highest BCUT2D eigenvalue weighted by atomic mass is 32.2. The largest absolute Gasteiger partial charge is 0.355 e. The maximum absolute atomic E-state index is 12.5. The number of aromatic nitrogens is 1. The second-order valence-corrected chi connectivity index (χ2v) is 9.47. The van der Waals surface area contributed by atoms with Crippen LogP contribution in [0.2, 0.25) is 0 Å². The molecule has 2 heterocycles. The van der Waals surface area contributed by atoms with Gasteiger partial charge < -0.3 is 5.32 Å². The third-order valence-corrected chi connectivity index (χ3v) is 6.05. The molecule has 2 rings (SSSR count). The molecule has 8 heteroatoms. The Labute approximate surface area is 150 Å². The minimum atomic E-state index is -3.50. The molecular formula is C17H28N4O3S. The second kappa shape index (κ2) is 8.25. The van der Waals surface area contributed by atoms with E-state index in [9.17, 15) is 13.2 Å². The molecule has 0 saturated carbocycles. The van der Waals surface area contributed by atoms with Crippen molar-refractivity contribution in [3.63, 3.8) is 0 Å². The predicted molar refractivity (Wildman–Crippen MR) is 96.5 cm³/mol. The first-order chi connectivity index (χ1) is 11.7. The Morgan fingerprint density at radius 2 is 1.92 bits per heavy atom. The SMILES string of the molecule is CC(C)(C)CCNC(=O)CN1CCN(S(=O)(=O)c2cccnc2)CC1. The van der Waals surface area contributed by atoms with Crippen LogP contribution in [0.1, 0.15) is 27.2 Å². The van der Waals surface area contributed by atoms with Crippen molar-refractivity contribution in [3.05, 3.63) is 24.5 Å². The van der Waals surface area contributed by atoms with Gasteiger partial charge in [0.05, 0.1) is 6.54 Å². The van der Waals surface area contributed by atoms with Crippen molar-refractivity contribution in [3.8, 4) is 0 Å². The number of nitrogens with zero attached hydrogens (tertiary/aromatic N) is 3. The van der Waals surface area contributed by atoms with Gasteiger partial charge in [0.25, 0.3) is 0 Å². The van der Waals surface area contributed by atoms with Crippen molar-refractivity contribution in [2.75, 3.05) is 39.3 Å². The van der Waals surface area contributed by atoms with E-state index in [-0.39, 0.29) is 16.2 Å². The van der Waals surface area contributed by atoms with Gasteiger partial charge in [0.15, 0.2) is 0 Å². The quantitative estimate of drug-likeness (QED) is 0.808. The van der Waals surface area contributed by atoms with Crippen molar-refractivity contribution >= 4 is 15.9 Å². The average Bonchev–Trinajstić information content (AvgIpc) is 2.55. The first-order valence-corrected chi connectivity index (χ1v) is 10.0. The van der Waals surface area contributed by atoms with Crippen LogP contribution >= 0.6 is 0 Å². The maximum atomic E-state index is 12.5. The van der Waals surface area contributed by atoms with E-state index in [1.54, 1.807) is 18.3 Å². The molecule has 0 bridgehead atoms. The smallest absolute Gasteiger partial charge is 0.244 e. The van der Waals surface area contributed by atoms with Crippen LogP contribution in [0.4, 0.5) is 0 Å². The molecule has 1 aliphatic rings. The Kier molecular flexibility index (Phi) is 6.53. The minimum absolute atomic E-state index is 0.00665. The summed E-state index contributed by atoms with van der Waals surface area (Å²) in [6.45, 7) is 9.25. The molecule has 7 nitrogen and oxygen atoms in total. The Hall–Kier alpha value is -1.51. The van der Waals surface area contributed by atoms with Crippen molar-refractivity contribution in [2.45, 2.75) is 32.1 Å². The number of piperazine rings is 1. The molecule has 1 amide bonds. The van der Waals surface area contributed by atoms with Gasteiger partial charge in [-0.2, -0.15) is 4.31 Å². The van der Waals surface area contributed by atoms with Gasteiger partial charge in [-0.3, -0.25) is 14.7 Å². The number of carbonyl (C=O) groups is 1. The van der Waals surface area contributed by atoms with Gasteiger partial charge in [-0.1, -0.05) is 20.8 Å². The van der Waals surface area contributed by atoms with Crippen molar-refractivity contribution in [1.29, 1.82) is 0 Å². The molecule has 1 aliphatic heterocycles. The number of hydrogen-bond donors (Lipinski definition) is 1. The summed E-state index contributed by atoms with van der Waals surface area (Å²) < 4.78 is 26.5. The highest BCUT2D eigenvalue weighted by Crippen LogP contribution is 2.17. The Morgan fingerprint density at radius 1 is 1.24 bits per heavy atom. The molecule has 1 saturated heterocycles. The van der Waals surface area contributed by atoms with E-state index < -0.39 is 10.0 Å². The molecule has 0 spiro atoms. The fourth-order valence-electron chi connectivity index (χ4n) is 2.61. The number of nitrogens with one attached hydrogen (secondary N) is 1. The molecule has 1 aromatic heterocycles. The minimum Gasteiger partial charge on any atom is -0.355 e. The number of carbonyl (C=O) groups excluding carboxylic acids is 1. The van der Waals surface area contributed by atoms with Crippen LogP contribution in [-0.2, 0) is 14.8 Å². The molecule has 25 heavy (non-hydrogen) atoms. The summed E-state index contributed by atoms with van der Waals surface area (Å²) in [7, 11) is -3.50. The van der Waals surface area contributed by atoms with E-state index >= 15 is 0 Å². The van der Waals surface area contributed by atoms with E-state index in [1.165, 1.54) is 10.5 Å². The molecule has 0 atom stereocenters. The lowest BCUT2D eigenvalue weighted by atomic mass is 9.92. The first kappa shape index (κ1) is 19.8. The summed E-state index contributed by atoms with van der Waals surface area (Å²) in [6.07, 6.45) is 3.84. The van der Waals surface area contributed by atoms with Gasteiger partial charge in [-0.05, 0) is 24.0 Å².